The molecule has 0 aromatic heterocycles. The van der Waals surface area contributed by atoms with Crippen LogP contribution in [0.5, 0.6) is 0 Å². The van der Waals surface area contributed by atoms with Gasteiger partial charge in [-0.15, -0.1) is 0 Å². The Hall–Kier alpha value is -1.58. The molecule has 88 valence electrons. The number of hydrogen-bond donors (Lipinski definition) is 0. The maximum Gasteiger partial charge on any atom is 0.409 e. The number of aryl methyl sites for hydroxylation is 1. The quantitative estimate of drug-likeness (QED) is 0.791. The number of amides is 1. The molecule has 1 aromatic rings. The van der Waals surface area contributed by atoms with Crippen molar-refractivity contribution in [3.05, 3.63) is 35.1 Å². The van der Waals surface area contributed by atoms with Gasteiger partial charge in [-0.25, -0.2) is 9.18 Å². The molecular formula is C12H16FNO2. The summed E-state index contributed by atoms with van der Waals surface area (Å²) in [5, 5.41) is 0. The van der Waals surface area contributed by atoms with Gasteiger partial charge in [-0.1, -0.05) is 12.1 Å². The highest BCUT2D eigenvalue weighted by Gasteiger charge is 2.10. The smallest absolute Gasteiger partial charge is 0.409 e. The van der Waals surface area contributed by atoms with Gasteiger partial charge >= 0.3 is 6.09 Å². The second-order valence-electron chi connectivity index (χ2n) is 3.64. The maximum atomic E-state index is 13.2. The normalized spacial score (nSPS) is 10.0. The third kappa shape index (κ3) is 3.22. The Balaban J connectivity index is 2.66. The third-order valence-electron chi connectivity index (χ3n) is 2.24. The highest BCUT2D eigenvalue weighted by atomic mass is 19.1. The zero-order valence-corrected chi connectivity index (χ0v) is 9.79. The lowest BCUT2D eigenvalue weighted by molar-refractivity contribution is 0.114. The van der Waals surface area contributed by atoms with Crippen molar-refractivity contribution in [1.29, 1.82) is 0 Å². The summed E-state index contributed by atoms with van der Waals surface area (Å²) in [5.74, 6) is -0.255. The van der Waals surface area contributed by atoms with Crippen LogP contribution in [-0.2, 0) is 11.3 Å². The average Bonchev–Trinajstić information content (AvgIpc) is 2.24. The van der Waals surface area contributed by atoms with Crippen LogP contribution in [0.1, 0.15) is 18.1 Å². The molecule has 1 amide bonds. The maximum absolute atomic E-state index is 13.2. The van der Waals surface area contributed by atoms with Crippen molar-refractivity contribution < 1.29 is 13.9 Å². The molecule has 0 atom stereocenters. The number of nitrogens with zero attached hydrogens (tertiary/aromatic N) is 1. The van der Waals surface area contributed by atoms with Gasteiger partial charge in [0.25, 0.3) is 0 Å². The molecular weight excluding hydrogens is 209 g/mol. The molecule has 0 aliphatic carbocycles. The fraction of sp³-hybridized carbons (Fsp3) is 0.417. The van der Waals surface area contributed by atoms with Gasteiger partial charge in [0.15, 0.2) is 0 Å². The average molecular weight is 225 g/mol. The summed E-state index contributed by atoms with van der Waals surface area (Å²) in [7, 11) is 1.62. The number of carbonyl (C=O) groups excluding carboxylic acids is 1. The van der Waals surface area contributed by atoms with Crippen molar-refractivity contribution in [2.45, 2.75) is 20.4 Å². The second kappa shape index (κ2) is 5.49. The van der Waals surface area contributed by atoms with Crippen LogP contribution >= 0.6 is 0 Å². The number of hydrogen-bond acceptors (Lipinski definition) is 2. The molecule has 16 heavy (non-hydrogen) atoms. The van der Waals surface area contributed by atoms with Crippen molar-refractivity contribution in [3.8, 4) is 0 Å². The molecule has 0 saturated heterocycles. The summed E-state index contributed by atoms with van der Waals surface area (Å²) in [5.41, 5.74) is 1.35. The molecule has 4 heteroatoms. The summed E-state index contributed by atoms with van der Waals surface area (Å²) < 4.78 is 18.1. The van der Waals surface area contributed by atoms with Crippen molar-refractivity contribution in [1.82, 2.24) is 4.90 Å². The fourth-order valence-corrected chi connectivity index (χ4v) is 1.31. The number of ether oxygens (including phenoxy) is 1. The zero-order chi connectivity index (χ0) is 12.1. The molecule has 1 rings (SSSR count). The van der Waals surface area contributed by atoms with Gasteiger partial charge in [-0.3, -0.25) is 0 Å². The zero-order valence-electron chi connectivity index (χ0n) is 9.79. The van der Waals surface area contributed by atoms with Crippen LogP contribution in [0, 0.1) is 12.7 Å². The van der Waals surface area contributed by atoms with E-state index < -0.39 is 6.09 Å². The van der Waals surface area contributed by atoms with Crippen LogP contribution in [0.2, 0.25) is 0 Å². The molecule has 0 unspecified atom stereocenters. The predicted molar refractivity (Wildman–Crippen MR) is 59.6 cm³/mol. The molecule has 0 bridgehead atoms. The first-order valence-corrected chi connectivity index (χ1v) is 5.17. The number of halogens is 1. The summed E-state index contributed by atoms with van der Waals surface area (Å²) in [6, 6.07) is 4.93. The van der Waals surface area contributed by atoms with Gasteiger partial charge in [-0.05, 0) is 31.0 Å². The van der Waals surface area contributed by atoms with E-state index in [1.54, 1.807) is 33.0 Å². The molecule has 1 aromatic carbocycles. The monoisotopic (exact) mass is 225 g/mol. The van der Waals surface area contributed by atoms with E-state index in [4.69, 9.17) is 4.74 Å². The lowest BCUT2D eigenvalue weighted by atomic mass is 10.1. The lowest BCUT2D eigenvalue weighted by Gasteiger charge is -2.16. The molecule has 0 N–H and O–H groups in total. The Labute approximate surface area is 94.8 Å². The Morgan fingerprint density at radius 2 is 2.19 bits per heavy atom. The summed E-state index contributed by atoms with van der Waals surface area (Å²) in [4.78, 5) is 12.7. The Morgan fingerprint density at radius 1 is 1.50 bits per heavy atom. The molecule has 0 aliphatic heterocycles. The van der Waals surface area contributed by atoms with Crippen LogP contribution < -0.4 is 0 Å². The number of carbonyl (C=O) groups is 1. The minimum atomic E-state index is -0.400. The summed E-state index contributed by atoms with van der Waals surface area (Å²) in [6.45, 7) is 4.13. The molecule has 0 radical (unpaired) electrons. The van der Waals surface area contributed by atoms with Crippen molar-refractivity contribution >= 4 is 6.09 Å². The van der Waals surface area contributed by atoms with Gasteiger partial charge < -0.3 is 9.64 Å². The predicted octanol–water partition coefficient (Wildman–Crippen LogP) is 2.72. The van der Waals surface area contributed by atoms with Crippen molar-refractivity contribution in [3.63, 3.8) is 0 Å². The fourth-order valence-electron chi connectivity index (χ4n) is 1.31. The molecule has 0 spiro atoms. The highest BCUT2D eigenvalue weighted by molar-refractivity contribution is 5.67. The van der Waals surface area contributed by atoms with E-state index in [0.29, 0.717) is 18.7 Å². The van der Waals surface area contributed by atoms with E-state index in [-0.39, 0.29) is 5.82 Å². The molecule has 0 aliphatic rings. The van der Waals surface area contributed by atoms with Gasteiger partial charge in [0.05, 0.1) is 6.61 Å². The van der Waals surface area contributed by atoms with Gasteiger partial charge in [0, 0.05) is 13.6 Å². The Bertz CT molecular complexity index is 379. The van der Waals surface area contributed by atoms with E-state index in [0.717, 1.165) is 5.56 Å². The highest BCUT2D eigenvalue weighted by Crippen LogP contribution is 2.11. The molecule has 0 fully saturated rings. The molecule has 3 nitrogen and oxygen atoms in total. The first-order chi connectivity index (χ1) is 7.54. The van der Waals surface area contributed by atoms with Gasteiger partial charge in [0.2, 0.25) is 0 Å². The lowest BCUT2D eigenvalue weighted by Crippen LogP contribution is -2.26. The van der Waals surface area contributed by atoms with Gasteiger partial charge in [0.1, 0.15) is 5.82 Å². The summed E-state index contributed by atoms with van der Waals surface area (Å²) in [6.07, 6.45) is -0.400. The number of rotatable bonds is 3. The third-order valence-corrected chi connectivity index (χ3v) is 2.24. The largest absolute Gasteiger partial charge is 0.450 e. The first-order valence-electron chi connectivity index (χ1n) is 5.17. The van der Waals surface area contributed by atoms with Gasteiger partial charge in [-0.2, -0.15) is 0 Å². The van der Waals surface area contributed by atoms with Crippen LogP contribution in [-0.4, -0.2) is 24.6 Å². The number of benzene rings is 1. The molecule has 0 heterocycles. The minimum Gasteiger partial charge on any atom is -0.450 e. The van der Waals surface area contributed by atoms with Crippen molar-refractivity contribution in [2.75, 3.05) is 13.7 Å². The van der Waals surface area contributed by atoms with E-state index >= 15 is 0 Å². The van der Waals surface area contributed by atoms with E-state index in [2.05, 4.69) is 0 Å². The Morgan fingerprint density at radius 3 is 2.75 bits per heavy atom. The minimum absolute atomic E-state index is 0.255. The first kappa shape index (κ1) is 12.5. The standard InChI is InChI=1S/C12H16FNO2/c1-4-16-12(15)14(3)8-10-6-5-9(2)11(13)7-10/h5-7H,4,8H2,1-3H3. The Kier molecular flexibility index (Phi) is 4.28. The van der Waals surface area contributed by atoms with Crippen LogP contribution in [0.3, 0.4) is 0 Å². The van der Waals surface area contributed by atoms with Crippen LogP contribution in [0.15, 0.2) is 18.2 Å². The topological polar surface area (TPSA) is 29.5 Å². The van der Waals surface area contributed by atoms with Crippen molar-refractivity contribution in [2.24, 2.45) is 0 Å². The molecule has 0 saturated carbocycles. The van der Waals surface area contributed by atoms with E-state index in [1.165, 1.54) is 11.0 Å². The SMILES string of the molecule is CCOC(=O)N(C)Cc1ccc(C)c(F)c1. The van der Waals surface area contributed by atoms with E-state index in [1.807, 2.05) is 0 Å². The van der Waals surface area contributed by atoms with E-state index in [9.17, 15) is 9.18 Å². The van der Waals surface area contributed by atoms with Crippen LogP contribution in [0.25, 0.3) is 0 Å². The summed E-state index contributed by atoms with van der Waals surface area (Å²) >= 11 is 0. The second-order valence-corrected chi connectivity index (χ2v) is 3.64. The van der Waals surface area contributed by atoms with Crippen LogP contribution in [0.4, 0.5) is 9.18 Å².